The molecule has 2 N–H and O–H groups in total. The van der Waals surface area contributed by atoms with Crippen molar-refractivity contribution in [3.8, 4) is 5.75 Å². The predicted molar refractivity (Wildman–Crippen MR) is 117 cm³/mol. The van der Waals surface area contributed by atoms with Crippen LogP contribution in [0.4, 0.5) is 5.69 Å². The lowest BCUT2D eigenvalue weighted by atomic mass is 10.1. The molecule has 0 aliphatic carbocycles. The van der Waals surface area contributed by atoms with E-state index in [1.807, 2.05) is 55.5 Å². The first-order valence-electron chi connectivity index (χ1n) is 9.46. The second-order valence-electron chi connectivity index (χ2n) is 6.84. The summed E-state index contributed by atoms with van der Waals surface area (Å²) in [6.07, 6.45) is 0.216. The van der Waals surface area contributed by atoms with E-state index in [4.69, 9.17) is 4.74 Å². The number of hydrogen-bond acceptors (Lipinski definition) is 4. The molecule has 0 aliphatic rings. The Kier molecular flexibility index (Phi) is 6.87. The van der Waals surface area contributed by atoms with E-state index < -0.39 is 22.0 Å². The number of nitrogens with one attached hydrogen (secondary N) is 2. The summed E-state index contributed by atoms with van der Waals surface area (Å²) in [5.74, 6) is 0.123. The van der Waals surface area contributed by atoms with E-state index in [0.29, 0.717) is 11.4 Å². The van der Waals surface area contributed by atoms with Crippen LogP contribution >= 0.6 is 0 Å². The fraction of sp³-hybridized carbons (Fsp3) is 0.174. The van der Waals surface area contributed by atoms with Crippen LogP contribution in [0.1, 0.15) is 11.1 Å². The minimum atomic E-state index is -3.92. The molecular formula is C23H24N2O4S. The van der Waals surface area contributed by atoms with Gasteiger partial charge < -0.3 is 10.1 Å². The highest BCUT2D eigenvalue weighted by Gasteiger charge is 2.26. The van der Waals surface area contributed by atoms with Gasteiger partial charge in [-0.25, -0.2) is 8.42 Å². The zero-order chi connectivity index (χ0) is 21.6. The van der Waals surface area contributed by atoms with Crippen molar-refractivity contribution >= 4 is 21.6 Å². The number of ether oxygens (including phenoxy) is 1. The van der Waals surface area contributed by atoms with Crippen molar-refractivity contribution in [1.82, 2.24) is 4.72 Å². The second-order valence-corrected chi connectivity index (χ2v) is 8.56. The fourth-order valence-electron chi connectivity index (χ4n) is 2.98. The summed E-state index contributed by atoms with van der Waals surface area (Å²) in [4.78, 5) is 13.1. The van der Waals surface area contributed by atoms with Gasteiger partial charge >= 0.3 is 0 Å². The molecule has 0 fully saturated rings. The molecule has 0 bridgehead atoms. The summed E-state index contributed by atoms with van der Waals surface area (Å²) in [6.45, 7) is 1.88. The van der Waals surface area contributed by atoms with E-state index in [1.165, 1.54) is 19.2 Å². The van der Waals surface area contributed by atoms with Crippen LogP contribution in [0.2, 0.25) is 0 Å². The Labute approximate surface area is 177 Å². The third-order valence-corrected chi connectivity index (χ3v) is 6.16. The van der Waals surface area contributed by atoms with Gasteiger partial charge in [0.1, 0.15) is 11.8 Å². The van der Waals surface area contributed by atoms with Crippen molar-refractivity contribution in [2.45, 2.75) is 24.3 Å². The lowest BCUT2D eigenvalue weighted by molar-refractivity contribution is -0.117. The number of carbonyl (C=O) groups excluding carboxylic acids is 1. The van der Waals surface area contributed by atoms with Crippen LogP contribution in [0.3, 0.4) is 0 Å². The Hall–Kier alpha value is -3.16. The molecule has 0 heterocycles. The minimum absolute atomic E-state index is 0.0602. The Morgan fingerprint density at radius 2 is 1.57 bits per heavy atom. The predicted octanol–water partition coefficient (Wildman–Crippen LogP) is 3.53. The number of para-hydroxylation sites is 1. The van der Waals surface area contributed by atoms with Crippen LogP contribution in [0.5, 0.6) is 5.75 Å². The van der Waals surface area contributed by atoms with Gasteiger partial charge in [0.2, 0.25) is 15.9 Å². The normalized spacial score (nSPS) is 12.2. The van der Waals surface area contributed by atoms with E-state index in [-0.39, 0.29) is 11.3 Å². The minimum Gasteiger partial charge on any atom is -0.497 e. The Morgan fingerprint density at radius 3 is 2.20 bits per heavy atom. The molecule has 6 nitrogen and oxygen atoms in total. The molecule has 0 saturated heterocycles. The number of methoxy groups -OCH3 is 1. The van der Waals surface area contributed by atoms with Crippen LogP contribution in [0, 0.1) is 6.92 Å². The van der Waals surface area contributed by atoms with Gasteiger partial charge in [0.15, 0.2) is 0 Å². The summed E-state index contributed by atoms with van der Waals surface area (Å²) >= 11 is 0. The number of carbonyl (C=O) groups is 1. The van der Waals surface area contributed by atoms with E-state index >= 15 is 0 Å². The average molecular weight is 425 g/mol. The first-order valence-corrected chi connectivity index (χ1v) is 10.9. The molecule has 0 spiro atoms. The Bertz CT molecular complexity index is 1100. The third-order valence-electron chi connectivity index (χ3n) is 4.67. The molecule has 3 aromatic carbocycles. The summed E-state index contributed by atoms with van der Waals surface area (Å²) in [5.41, 5.74) is 2.38. The van der Waals surface area contributed by atoms with Gasteiger partial charge in [-0.3, -0.25) is 4.79 Å². The monoisotopic (exact) mass is 424 g/mol. The van der Waals surface area contributed by atoms with Gasteiger partial charge in [0.25, 0.3) is 0 Å². The third kappa shape index (κ3) is 5.46. The van der Waals surface area contributed by atoms with Gasteiger partial charge in [-0.15, -0.1) is 0 Å². The highest BCUT2D eigenvalue weighted by atomic mass is 32.2. The molecule has 0 aromatic heterocycles. The van der Waals surface area contributed by atoms with Gasteiger partial charge in [0, 0.05) is 5.69 Å². The standard InChI is InChI=1S/C23H24N2O4S/c1-17-8-6-7-11-21(17)24-23(26)22(16-18-9-4-3-5-10-18)25-30(27,28)20-14-12-19(29-2)13-15-20/h3-15,22,25H,16H2,1-2H3,(H,24,26). The molecule has 3 rings (SSSR count). The van der Waals surface area contributed by atoms with Crippen LogP contribution in [-0.2, 0) is 21.2 Å². The lowest BCUT2D eigenvalue weighted by Gasteiger charge is -2.19. The number of amides is 1. The van der Waals surface area contributed by atoms with Crippen LogP contribution in [0.15, 0.2) is 83.8 Å². The van der Waals surface area contributed by atoms with Crippen molar-refractivity contribution < 1.29 is 17.9 Å². The maximum Gasteiger partial charge on any atom is 0.242 e. The van der Waals surface area contributed by atoms with Gasteiger partial charge in [-0.1, -0.05) is 48.5 Å². The highest BCUT2D eigenvalue weighted by Crippen LogP contribution is 2.18. The van der Waals surface area contributed by atoms with Gasteiger partial charge in [-0.2, -0.15) is 4.72 Å². The molecule has 0 aliphatic heterocycles. The number of aryl methyl sites for hydroxylation is 1. The number of anilines is 1. The summed E-state index contributed by atoms with van der Waals surface area (Å²) in [5, 5.41) is 2.84. The SMILES string of the molecule is COc1ccc(S(=O)(=O)NC(Cc2ccccc2)C(=O)Nc2ccccc2C)cc1. The average Bonchev–Trinajstić information content (AvgIpc) is 2.75. The van der Waals surface area contributed by atoms with Crippen LogP contribution in [-0.4, -0.2) is 27.5 Å². The van der Waals surface area contributed by atoms with Crippen molar-refractivity contribution in [3.05, 3.63) is 90.0 Å². The Balaban J connectivity index is 1.86. The number of rotatable bonds is 8. The fourth-order valence-corrected chi connectivity index (χ4v) is 4.18. The van der Waals surface area contributed by atoms with E-state index in [2.05, 4.69) is 10.0 Å². The van der Waals surface area contributed by atoms with Crippen molar-refractivity contribution in [1.29, 1.82) is 0 Å². The molecular weight excluding hydrogens is 400 g/mol. The van der Waals surface area contributed by atoms with Crippen molar-refractivity contribution in [3.63, 3.8) is 0 Å². The molecule has 3 aromatic rings. The zero-order valence-electron chi connectivity index (χ0n) is 16.8. The first kappa shape index (κ1) is 21.5. The maximum absolute atomic E-state index is 13.0. The molecule has 156 valence electrons. The molecule has 1 unspecified atom stereocenters. The maximum atomic E-state index is 13.0. The molecule has 0 saturated carbocycles. The van der Waals surface area contributed by atoms with Crippen molar-refractivity contribution in [2.24, 2.45) is 0 Å². The first-order chi connectivity index (χ1) is 14.4. The van der Waals surface area contributed by atoms with E-state index in [9.17, 15) is 13.2 Å². The molecule has 0 radical (unpaired) electrons. The lowest BCUT2D eigenvalue weighted by Crippen LogP contribution is -2.45. The molecule has 7 heteroatoms. The summed E-state index contributed by atoms with van der Waals surface area (Å²) in [6, 6.07) is 21.7. The van der Waals surface area contributed by atoms with Gasteiger partial charge in [0.05, 0.1) is 12.0 Å². The summed E-state index contributed by atoms with van der Waals surface area (Å²) < 4.78 is 33.5. The van der Waals surface area contributed by atoms with E-state index in [1.54, 1.807) is 18.2 Å². The highest BCUT2D eigenvalue weighted by molar-refractivity contribution is 7.89. The summed E-state index contributed by atoms with van der Waals surface area (Å²) in [7, 11) is -2.41. The quantitative estimate of drug-likeness (QED) is 0.579. The topological polar surface area (TPSA) is 84.5 Å². The number of sulfonamides is 1. The molecule has 1 amide bonds. The van der Waals surface area contributed by atoms with Crippen molar-refractivity contribution in [2.75, 3.05) is 12.4 Å². The largest absolute Gasteiger partial charge is 0.497 e. The number of benzene rings is 3. The Morgan fingerprint density at radius 1 is 0.933 bits per heavy atom. The smallest absolute Gasteiger partial charge is 0.242 e. The van der Waals surface area contributed by atoms with Crippen LogP contribution < -0.4 is 14.8 Å². The molecule has 1 atom stereocenters. The number of hydrogen-bond donors (Lipinski definition) is 2. The molecule has 30 heavy (non-hydrogen) atoms. The zero-order valence-corrected chi connectivity index (χ0v) is 17.6. The van der Waals surface area contributed by atoms with Crippen LogP contribution in [0.25, 0.3) is 0 Å². The van der Waals surface area contributed by atoms with E-state index in [0.717, 1.165) is 11.1 Å². The van der Waals surface area contributed by atoms with Gasteiger partial charge in [-0.05, 0) is 54.8 Å². The second kappa shape index (κ2) is 9.56.